The number of nitrogens with one attached hydrogen (secondary N) is 1. The Morgan fingerprint density at radius 2 is 1.94 bits per heavy atom. The van der Waals surface area contributed by atoms with Crippen LogP contribution in [-0.4, -0.2) is 0 Å². The molecule has 2 aromatic carbocycles. The Kier molecular flexibility index (Phi) is 3.87. The SMILES string of the molecule is CC(Nc1ccc(N)cc1Br)c1ccccc1F. The molecule has 0 aliphatic rings. The van der Waals surface area contributed by atoms with Crippen LogP contribution in [0.3, 0.4) is 0 Å². The van der Waals surface area contributed by atoms with E-state index in [-0.39, 0.29) is 11.9 Å². The molecule has 2 nitrogen and oxygen atoms in total. The van der Waals surface area contributed by atoms with Gasteiger partial charge in [0.1, 0.15) is 5.82 Å². The van der Waals surface area contributed by atoms with Gasteiger partial charge in [-0.2, -0.15) is 0 Å². The van der Waals surface area contributed by atoms with Gasteiger partial charge in [-0.1, -0.05) is 18.2 Å². The van der Waals surface area contributed by atoms with Crippen LogP contribution < -0.4 is 11.1 Å². The number of nitrogen functional groups attached to an aromatic ring is 1. The van der Waals surface area contributed by atoms with Gasteiger partial charge in [0.25, 0.3) is 0 Å². The van der Waals surface area contributed by atoms with Crippen molar-refractivity contribution in [1.82, 2.24) is 0 Å². The van der Waals surface area contributed by atoms with Crippen LogP contribution in [0.25, 0.3) is 0 Å². The fraction of sp³-hybridized carbons (Fsp3) is 0.143. The molecule has 1 unspecified atom stereocenters. The summed E-state index contributed by atoms with van der Waals surface area (Å²) in [6.07, 6.45) is 0. The van der Waals surface area contributed by atoms with Crippen LogP contribution in [-0.2, 0) is 0 Å². The Hall–Kier alpha value is -1.55. The predicted molar refractivity (Wildman–Crippen MR) is 77.0 cm³/mol. The highest BCUT2D eigenvalue weighted by molar-refractivity contribution is 9.10. The third-order valence-corrected chi connectivity index (χ3v) is 3.39. The Bertz CT molecular complexity index is 557. The van der Waals surface area contributed by atoms with E-state index in [1.54, 1.807) is 18.2 Å². The lowest BCUT2D eigenvalue weighted by Crippen LogP contribution is -2.09. The summed E-state index contributed by atoms with van der Waals surface area (Å²) in [4.78, 5) is 0. The van der Waals surface area contributed by atoms with Crippen molar-refractivity contribution in [2.75, 3.05) is 11.1 Å². The summed E-state index contributed by atoms with van der Waals surface area (Å²) in [5.41, 5.74) is 7.89. The maximum Gasteiger partial charge on any atom is 0.128 e. The van der Waals surface area contributed by atoms with Crippen LogP contribution >= 0.6 is 15.9 Å². The first kappa shape index (κ1) is 12.9. The van der Waals surface area contributed by atoms with E-state index >= 15 is 0 Å². The molecule has 0 aliphatic carbocycles. The van der Waals surface area contributed by atoms with Gasteiger partial charge in [-0.25, -0.2) is 4.39 Å². The van der Waals surface area contributed by atoms with Crippen molar-refractivity contribution < 1.29 is 4.39 Å². The van der Waals surface area contributed by atoms with Gasteiger partial charge >= 0.3 is 0 Å². The van der Waals surface area contributed by atoms with Crippen LogP contribution in [0.2, 0.25) is 0 Å². The number of nitrogens with two attached hydrogens (primary N) is 1. The number of anilines is 2. The fourth-order valence-corrected chi connectivity index (χ4v) is 2.30. The first-order chi connectivity index (χ1) is 8.58. The molecule has 0 amide bonds. The third kappa shape index (κ3) is 2.82. The molecule has 4 heteroatoms. The second-order valence-electron chi connectivity index (χ2n) is 4.13. The van der Waals surface area contributed by atoms with Crippen molar-refractivity contribution in [2.45, 2.75) is 13.0 Å². The average Bonchev–Trinajstić information content (AvgIpc) is 2.33. The minimum absolute atomic E-state index is 0.119. The summed E-state index contributed by atoms with van der Waals surface area (Å²) in [5, 5.41) is 3.25. The molecule has 3 N–H and O–H groups in total. The zero-order valence-electron chi connectivity index (χ0n) is 9.95. The Balaban J connectivity index is 2.21. The van der Waals surface area contributed by atoms with Crippen molar-refractivity contribution in [3.8, 4) is 0 Å². The molecule has 2 aromatic rings. The lowest BCUT2D eigenvalue weighted by Gasteiger charge is -2.17. The van der Waals surface area contributed by atoms with E-state index in [1.807, 2.05) is 25.1 Å². The first-order valence-electron chi connectivity index (χ1n) is 5.64. The molecule has 0 saturated heterocycles. The van der Waals surface area contributed by atoms with Crippen molar-refractivity contribution in [1.29, 1.82) is 0 Å². The van der Waals surface area contributed by atoms with Crippen LogP contribution in [0.5, 0.6) is 0 Å². The lowest BCUT2D eigenvalue weighted by atomic mass is 10.1. The summed E-state index contributed by atoms with van der Waals surface area (Å²) >= 11 is 3.43. The molecule has 18 heavy (non-hydrogen) atoms. The molecule has 0 spiro atoms. The van der Waals surface area contributed by atoms with Gasteiger partial charge in [-0.05, 0) is 47.1 Å². The van der Waals surface area contributed by atoms with Crippen LogP contribution in [0.1, 0.15) is 18.5 Å². The molecule has 0 saturated carbocycles. The zero-order valence-corrected chi connectivity index (χ0v) is 11.5. The van der Waals surface area contributed by atoms with Gasteiger partial charge < -0.3 is 11.1 Å². The van der Waals surface area contributed by atoms with Crippen molar-refractivity contribution in [2.24, 2.45) is 0 Å². The third-order valence-electron chi connectivity index (χ3n) is 2.74. The molecule has 0 radical (unpaired) electrons. The number of rotatable bonds is 3. The molecule has 0 heterocycles. The normalized spacial score (nSPS) is 12.2. The Labute approximate surface area is 114 Å². The average molecular weight is 309 g/mol. The predicted octanol–water partition coefficient (Wildman–Crippen LogP) is 4.34. The van der Waals surface area contributed by atoms with E-state index in [1.165, 1.54) is 6.07 Å². The van der Waals surface area contributed by atoms with Crippen molar-refractivity contribution >= 4 is 27.3 Å². The molecule has 1 atom stereocenters. The monoisotopic (exact) mass is 308 g/mol. The van der Waals surface area contributed by atoms with Crippen LogP contribution in [0.15, 0.2) is 46.9 Å². The number of hydrogen-bond acceptors (Lipinski definition) is 2. The highest BCUT2D eigenvalue weighted by atomic mass is 79.9. The number of hydrogen-bond donors (Lipinski definition) is 2. The van der Waals surface area contributed by atoms with Gasteiger partial charge in [0.05, 0.1) is 6.04 Å². The maximum absolute atomic E-state index is 13.6. The molecule has 94 valence electrons. The standard InChI is InChI=1S/C14H14BrFN2/c1-9(11-4-2-3-5-13(11)16)18-14-7-6-10(17)8-12(14)15/h2-9,18H,17H2,1H3. The van der Waals surface area contributed by atoms with Crippen LogP contribution in [0, 0.1) is 5.82 Å². The largest absolute Gasteiger partial charge is 0.399 e. The van der Waals surface area contributed by atoms with E-state index in [0.29, 0.717) is 11.3 Å². The van der Waals surface area contributed by atoms with Gasteiger partial charge in [-0.15, -0.1) is 0 Å². The smallest absolute Gasteiger partial charge is 0.128 e. The maximum atomic E-state index is 13.6. The van der Waals surface area contributed by atoms with E-state index in [0.717, 1.165) is 10.2 Å². The van der Waals surface area contributed by atoms with Gasteiger partial charge in [-0.3, -0.25) is 0 Å². The number of halogens is 2. The molecule has 0 aliphatic heterocycles. The summed E-state index contributed by atoms with van der Waals surface area (Å²) in [6, 6.07) is 12.1. The summed E-state index contributed by atoms with van der Waals surface area (Å²) in [5.74, 6) is -0.205. The Morgan fingerprint density at radius 3 is 2.61 bits per heavy atom. The molecule has 0 fully saturated rings. The zero-order chi connectivity index (χ0) is 13.1. The molecule has 2 rings (SSSR count). The van der Waals surface area contributed by atoms with E-state index in [4.69, 9.17) is 5.73 Å². The fourth-order valence-electron chi connectivity index (χ4n) is 1.79. The topological polar surface area (TPSA) is 38.0 Å². The van der Waals surface area contributed by atoms with Crippen molar-refractivity contribution in [3.63, 3.8) is 0 Å². The summed E-state index contributed by atoms with van der Waals surface area (Å²) < 4.78 is 14.5. The van der Waals surface area contributed by atoms with E-state index in [9.17, 15) is 4.39 Å². The van der Waals surface area contributed by atoms with E-state index < -0.39 is 0 Å². The molecular weight excluding hydrogens is 295 g/mol. The summed E-state index contributed by atoms with van der Waals surface area (Å²) in [7, 11) is 0. The van der Waals surface area contributed by atoms with Crippen molar-refractivity contribution in [3.05, 3.63) is 58.3 Å². The second-order valence-corrected chi connectivity index (χ2v) is 4.98. The number of benzene rings is 2. The van der Waals surface area contributed by atoms with Gasteiger partial charge in [0.15, 0.2) is 0 Å². The second kappa shape index (κ2) is 5.40. The van der Waals surface area contributed by atoms with E-state index in [2.05, 4.69) is 21.2 Å². The minimum atomic E-state index is -0.205. The van der Waals surface area contributed by atoms with Gasteiger partial charge in [0, 0.05) is 21.4 Å². The highest BCUT2D eigenvalue weighted by Gasteiger charge is 2.11. The van der Waals surface area contributed by atoms with Crippen LogP contribution in [0.4, 0.5) is 15.8 Å². The lowest BCUT2D eigenvalue weighted by molar-refractivity contribution is 0.600. The molecular formula is C14H14BrFN2. The summed E-state index contributed by atoms with van der Waals surface area (Å²) in [6.45, 7) is 1.92. The highest BCUT2D eigenvalue weighted by Crippen LogP contribution is 2.28. The molecule has 0 bridgehead atoms. The molecule has 0 aromatic heterocycles. The first-order valence-corrected chi connectivity index (χ1v) is 6.43. The van der Waals surface area contributed by atoms with Gasteiger partial charge in [0.2, 0.25) is 0 Å². The Morgan fingerprint density at radius 1 is 1.22 bits per heavy atom. The minimum Gasteiger partial charge on any atom is -0.399 e. The quantitative estimate of drug-likeness (QED) is 0.828.